The molecule has 0 bridgehead atoms. The number of ether oxygens (including phenoxy) is 1. The maximum absolute atomic E-state index is 5.05. The van der Waals surface area contributed by atoms with E-state index in [1.54, 1.807) is 13.0 Å². The average molecular weight is 137 g/mol. The smallest absolute Gasteiger partial charge is 0.144 e. The molecule has 0 spiro atoms. The van der Waals surface area contributed by atoms with E-state index in [1.165, 1.54) is 6.20 Å². The fourth-order valence-corrected chi connectivity index (χ4v) is 0.412. The van der Waals surface area contributed by atoms with E-state index in [-0.39, 0.29) is 0 Å². The summed E-state index contributed by atoms with van der Waals surface area (Å²) in [5, 5.41) is 0. The van der Waals surface area contributed by atoms with E-state index >= 15 is 0 Å². The summed E-state index contributed by atoms with van der Waals surface area (Å²) in [4.78, 5) is 3.51. The van der Waals surface area contributed by atoms with Crippen molar-refractivity contribution in [3.8, 4) is 0 Å². The van der Waals surface area contributed by atoms with Gasteiger partial charge in [-0.3, -0.25) is 4.99 Å². The van der Waals surface area contributed by atoms with Gasteiger partial charge in [-0.15, -0.1) is 0 Å². The standard InChI is InChI=1S/C8H11NO/c1-5-8(6-9-4)10-7(2)3/h5-6H,1-2,4H2,3H3/b8-6+. The van der Waals surface area contributed by atoms with Crippen molar-refractivity contribution in [2.45, 2.75) is 6.92 Å². The third kappa shape index (κ3) is 3.66. The van der Waals surface area contributed by atoms with Crippen LogP contribution in [0.3, 0.4) is 0 Å². The molecular formula is C8H11NO. The Kier molecular flexibility index (Phi) is 3.96. The molecule has 2 heteroatoms. The van der Waals surface area contributed by atoms with Gasteiger partial charge in [0.15, 0.2) is 0 Å². The predicted octanol–water partition coefficient (Wildman–Crippen LogP) is 2.26. The fraction of sp³-hybridized carbons (Fsp3) is 0.125. The first-order chi connectivity index (χ1) is 4.70. The second kappa shape index (κ2) is 4.56. The second-order valence-electron chi connectivity index (χ2n) is 1.72. The van der Waals surface area contributed by atoms with Gasteiger partial charge in [-0.25, -0.2) is 0 Å². The van der Waals surface area contributed by atoms with Crippen LogP contribution in [-0.4, -0.2) is 6.72 Å². The quantitative estimate of drug-likeness (QED) is 0.331. The highest BCUT2D eigenvalue weighted by atomic mass is 16.5. The second-order valence-corrected chi connectivity index (χ2v) is 1.72. The van der Waals surface area contributed by atoms with Crippen LogP contribution >= 0.6 is 0 Å². The number of allylic oxidation sites excluding steroid dienone is 2. The minimum absolute atomic E-state index is 0.558. The van der Waals surface area contributed by atoms with Gasteiger partial charge in [-0.05, 0) is 19.7 Å². The highest BCUT2D eigenvalue weighted by Crippen LogP contribution is 2.03. The lowest BCUT2D eigenvalue weighted by Crippen LogP contribution is -1.83. The first-order valence-corrected chi connectivity index (χ1v) is 2.82. The van der Waals surface area contributed by atoms with Crippen LogP contribution in [0.1, 0.15) is 6.92 Å². The van der Waals surface area contributed by atoms with Gasteiger partial charge in [-0.1, -0.05) is 13.2 Å². The van der Waals surface area contributed by atoms with E-state index < -0.39 is 0 Å². The van der Waals surface area contributed by atoms with Crippen LogP contribution in [0.15, 0.2) is 41.9 Å². The molecule has 54 valence electrons. The molecule has 0 heterocycles. The van der Waals surface area contributed by atoms with Crippen molar-refractivity contribution in [2.75, 3.05) is 0 Å². The molecule has 0 saturated carbocycles. The number of hydrogen-bond acceptors (Lipinski definition) is 2. The van der Waals surface area contributed by atoms with Crippen LogP contribution in [0.25, 0.3) is 0 Å². The molecule has 0 atom stereocenters. The largest absolute Gasteiger partial charge is 0.461 e. The summed E-state index contributed by atoms with van der Waals surface area (Å²) < 4.78 is 5.05. The molecule has 0 aliphatic rings. The average Bonchev–Trinajstić information content (AvgIpc) is 1.86. The molecule has 0 amide bonds. The highest BCUT2D eigenvalue weighted by Gasteiger charge is 1.89. The Hall–Kier alpha value is -1.31. The predicted molar refractivity (Wildman–Crippen MR) is 43.7 cm³/mol. The molecular weight excluding hydrogens is 126 g/mol. The monoisotopic (exact) mass is 137 g/mol. The lowest BCUT2D eigenvalue weighted by atomic mass is 10.5. The zero-order valence-electron chi connectivity index (χ0n) is 6.13. The van der Waals surface area contributed by atoms with E-state index in [4.69, 9.17) is 4.74 Å². The molecule has 2 nitrogen and oxygen atoms in total. The Balaban J connectivity index is 4.08. The van der Waals surface area contributed by atoms with Gasteiger partial charge >= 0.3 is 0 Å². The molecule has 0 aliphatic carbocycles. The number of aliphatic imine (C=N–C) groups is 1. The van der Waals surface area contributed by atoms with Crippen molar-refractivity contribution in [1.82, 2.24) is 0 Å². The number of hydrogen-bond donors (Lipinski definition) is 0. The normalized spacial score (nSPS) is 10.3. The fourth-order valence-electron chi connectivity index (χ4n) is 0.412. The van der Waals surface area contributed by atoms with Crippen LogP contribution in [0.2, 0.25) is 0 Å². The molecule has 0 fully saturated rings. The molecule has 10 heavy (non-hydrogen) atoms. The lowest BCUT2D eigenvalue weighted by Gasteiger charge is -2.01. The van der Waals surface area contributed by atoms with Crippen LogP contribution in [0, 0.1) is 0 Å². The van der Waals surface area contributed by atoms with Crippen LogP contribution in [-0.2, 0) is 4.74 Å². The van der Waals surface area contributed by atoms with Gasteiger partial charge in [0.2, 0.25) is 0 Å². The molecule has 0 aromatic heterocycles. The Labute approximate surface area is 61.2 Å². The maximum atomic E-state index is 5.05. The van der Waals surface area contributed by atoms with Gasteiger partial charge in [0.05, 0.1) is 12.0 Å². The van der Waals surface area contributed by atoms with Crippen molar-refractivity contribution in [1.29, 1.82) is 0 Å². The summed E-state index contributed by atoms with van der Waals surface area (Å²) in [6.45, 7) is 12.1. The molecule has 0 rings (SSSR count). The topological polar surface area (TPSA) is 21.6 Å². The molecule has 0 N–H and O–H groups in total. The van der Waals surface area contributed by atoms with Gasteiger partial charge in [0.1, 0.15) is 5.76 Å². The van der Waals surface area contributed by atoms with Crippen molar-refractivity contribution < 1.29 is 4.74 Å². The van der Waals surface area contributed by atoms with Gasteiger partial charge in [0, 0.05) is 0 Å². The van der Waals surface area contributed by atoms with Gasteiger partial charge in [-0.2, -0.15) is 0 Å². The summed E-state index contributed by atoms with van der Waals surface area (Å²) >= 11 is 0. The van der Waals surface area contributed by atoms with E-state index in [9.17, 15) is 0 Å². The van der Waals surface area contributed by atoms with E-state index in [0.29, 0.717) is 11.5 Å². The summed E-state index contributed by atoms with van der Waals surface area (Å²) in [6, 6.07) is 0. The summed E-state index contributed by atoms with van der Waals surface area (Å²) in [5.74, 6) is 1.16. The molecule has 0 radical (unpaired) electrons. The minimum atomic E-state index is 0.558. The molecule has 0 aliphatic heterocycles. The van der Waals surface area contributed by atoms with Gasteiger partial charge < -0.3 is 4.74 Å². The first kappa shape index (κ1) is 8.69. The third-order valence-corrected chi connectivity index (χ3v) is 0.712. The zero-order valence-corrected chi connectivity index (χ0v) is 6.13. The lowest BCUT2D eigenvalue weighted by molar-refractivity contribution is 0.323. The number of nitrogens with zero attached hydrogens (tertiary/aromatic N) is 1. The third-order valence-electron chi connectivity index (χ3n) is 0.712. The molecule has 0 aromatic carbocycles. The van der Waals surface area contributed by atoms with E-state index in [2.05, 4.69) is 24.9 Å². The van der Waals surface area contributed by atoms with Crippen LogP contribution in [0.5, 0.6) is 0 Å². The molecule has 0 unspecified atom stereocenters. The summed E-state index contributed by atoms with van der Waals surface area (Å²) in [5.41, 5.74) is 0. The number of rotatable bonds is 4. The van der Waals surface area contributed by atoms with E-state index in [0.717, 1.165) is 0 Å². The molecule has 0 aromatic rings. The van der Waals surface area contributed by atoms with E-state index in [1.807, 2.05) is 0 Å². The van der Waals surface area contributed by atoms with Crippen molar-refractivity contribution in [3.63, 3.8) is 0 Å². The van der Waals surface area contributed by atoms with Gasteiger partial charge in [0.25, 0.3) is 0 Å². The SMILES string of the molecule is C=C/C(=C\N=C)OC(=C)C. The van der Waals surface area contributed by atoms with Crippen molar-refractivity contribution in [2.24, 2.45) is 4.99 Å². The highest BCUT2D eigenvalue weighted by molar-refractivity contribution is 5.27. The van der Waals surface area contributed by atoms with Crippen LogP contribution < -0.4 is 0 Å². The minimum Gasteiger partial charge on any atom is -0.461 e. The Morgan fingerprint density at radius 2 is 2.20 bits per heavy atom. The van der Waals surface area contributed by atoms with Crippen LogP contribution in [0.4, 0.5) is 0 Å². The first-order valence-electron chi connectivity index (χ1n) is 2.82. The zero-order chi connectivity index (χ0) is 7.98. The Bertz CT molecular complexity index is 180. The van der Waals surface area contributed by atoms with Crippen molar-refractivity contribution in [3.05, 3.63) is 37.0 Å². The maximum Gasteiger partial charge on any atom is 0.144 e. The summed E-state index contributed by atoms with van der Waals surface area (Å²) in [7, 11) is 0. The Morgan fingerprint density at radius 3 is 2.50 bits per heavy atom. The Morgan fingerprint density at radius 1 is 1.60 bits per heavy atom. The molecule has 0 saturated heterocycles. The summed E-state index contributed by atoms with van der Waals surface area (Å²) in [6.07, 6.45) is 3.02. The van der Waals surface area contributed by atoms with Crippen molar-refractivity contribution >= 4 is 6.72 Å².